The van der Waals surface area contributed by atoms with Gasteiger partial charge in [-0.25, -0.2) is 0 Å². The van der Waals surface area contributed by atoms with Gasteiger partial charge in [-0.1, -0.05) is 150 Å². The smallest absolute Gasteiger partial charge is 0.264 e. The van der Waals surface area contributed by atoms with E-state index in [1.54, 1.807) is 0 Å². The molecule has 3 aromatic heterocycles. The monoisotopic (exact) mass is 953 g/mol. The molecule has 0 unspecified atom stereocenters. The summed E-state index contributed by atoms with van der Waals surface area (Å²) in [7, 11) is 0. The molecule has 6 heteroatoms. The molecule has 0 bridgehead atoms. The molecule has 3 aliphatic rings. The van der Waals surface area contributed by atoms with Crippen molar-refractivity contribution in [3.05, 3.63) is 168 Å². The van der Waals surface area contributed by atoms with E-state index in [4.69, 9.17) is 4.42 Å². The molecule has 0 atom stereocenters. The third-order valence-corrected chi connectivity index (χ3v) is 17.5. The summed E-state index contributed by atoms with van der Waals surface area (Å²) < 4.78 is 12.0. The molecule has 11 aromatic rings. The van der Waals surface area contributed by atoms with Crippen LogP contribution in [0.2, 0.25) is 0 Å². The van der Waals surface area contributed by atoms with Crippen LogP contribution in [0.1, 0.15) is 105 Å². The Morgan fingerprint density at radius 1 is 0.431 bits per heavy atom. The first-order valence-corrected chi connectivity index (χ1v) is 26.7. The maximum Gasteiger partial charge on any atom is 0.264 e. The number of aromatic nitrogens is 1. The molecule has 6 heterocycles. The van der Waals surface area contributed by atoms with Crippen molar-refractivity contribution in [1.82, 2.24) is 4.57 Å². The lowest BCUT2D eigenvalue weighted by Crippen LogP contribution is -2.61. The fourth-order valence-corrected chi connectivity index (χ4v) is 13.6. The van der Waals surface area contributed by atoms with Gasteiger partial charge in [-0.3, -0.25) is 0 Å². The molecule has 0 saturated heterocycles. The van der Waals surface area contributed by atoms with Crippen LogP contribution in [-0.4, -0.2) is 11.3 Å². The second-order valence-electron chi connectivity index (χ2n) is 25.1. The van der Waals surface area contributed by atoms with Crippen LogP contribution in [0.5, 0.6) is 0 Å². The van der Waals surface area contributed by atoms with E-state index in [0.29, 0.717) is 0 Å². The maximum absolute atomic E-state index is 6.73. The average molecular weight is 954 g/mol. The van der Waals surface area contributed by atoms with Gasteiger partial charge in [0.2, 0.25) is 0 Å². The summed E-state index contributed by atoms with van der Waals surface area (Å²) in [5.41, 5.74) is 23.1. The minimum absolute atomic E-state index is 0.00149. The predicted octanol–water partition coefficient (Wildman–Crippen LogP) is 17.2. The summed E-state index contributed by atoms with van der Waals surface area (Å²) in [6, 6.07) is 56.0. The largest absolute Gasteiger partial charge is 0.456 e. The Kier molecular flexibility index (Phi) is 8.72. The topological polar surface area (TPSA) is 24.6 Å². The Balaban J connectivity index is 1.16. The highest BCUT2D eigenvalue weighted by molar-refractivity contribution is 7.33. The molecular weight excluding hydrogens is 894 g/mol. The van der Waals surface area contributed by atoms with E-state index in [2.05, 4.69) is 243 Å². The molecular formula is C66H60BN3OS. The maximum atomic E-state index is 6.73. The van der Waals surface area contributed by atoms with Gasteiger partial charge in [0, 0.05) is 59.5 Å². The van der Waals surface area contributed by atoms with Crippen molar-refractivity contribution in [3.8, 4) is 16.8 Å². The number of benzene rings is 8. The Bertz CT molecular complexity index is 4160. The number of para-hydroxylation sites is 1. The van der Waals surface area contributed by atoms with Crippen molar-refractivity contribution in [3.63, 3.8) is 0 Å². The molecule has 0 radical (unpaired) electrons. The number of hydrogen-bond acceptors (Lipinski definition) is 4. The van der Waals surface area contributed by atoms with Crippen molar-refractivity contribution >= 4 is 122 Å². The number of nitrogens with zero attached hydrogens (tertiary/aromatic N) is 3. The quantitative estimate of drug-likeness (QED) is 0.161. The zero-order chi connectivity index (χ0) is 49.7. The highest BCUT2D eigenvalue weighted by Gasteiger charge is 2.49. The van der Waals surface area contributed by atoms with Gasteiger partial charge in [0.25, 0.3) is 6.71 Å². The lowest BCUT2D eigenvalue weighted by atomic mass is 9.35. The summed E-state index contributed by atoms with van der Waals surface area (Å²) in [4.78, 5) is 5.34. The zero-order valence-electron chi connectivity index (χ0n) is 43.6. The van der Waals surface area contributed by atoms with E-state index in [1.807, 2.05) is 11.3 Å². The van der Waals surface area contributed by atoms with Gasteiger partial charge in [-0.15, -0.1) is 11.3 Å². The molecule has 0 spiro atoms. The Labute approximate surface area is 427 Å². The van der Waals surface area contributed by atoms with Gasteiger partial charge in [-0.2, -0.15) is 0 Å². The molecule has 0 amide bonds. The van der Waals surface area contributed by atoms with Crippen LogP contribution in [0.25, 0.3) is 70.6 Å². The van der Waals surface area contributed by atoms with Crippen molar-refractivity contribution < 1.29 is 4.42 Å². The first kappa shape index (κ1) is 43.7. The molecule has 354 valence electrons. The van der Waals surface area contributed by atoms with E-state index in [0.717, 1.165) is 27.6 Å². The first-order chi connectivity index (χ1) is 34.2. The van der Waals surface area contributed by atoms with Gasteiger partial charge in [0.05, 0.1) is 33.8 Å². The number of furan rings is 1. The summed E-state index contributed by atoms with van der Waals surface area (Å²) in [5.74, 6) is 0. The van der Waals surface area contributed by atoms with E-state index in [9.17, 15) is 0 Å². The number of thiophene rings is 1. The SMILES string of the molecule is CC(C)(C)c1cc2c3c(c1)N1c4c(cc(C(C)(C)C)cc4-n4c5ccc(C(C)(C)C)cc5c5cc(C(C)(C)C)cc1c54)B3c1sc3ccc(-c4ccccc4)cc3c1N2c1ccc2c(c1)oc1ccccc12. The molecule has 0 aliphatic carbocycles. The molecule has 3 aliphatic heterocycles. The molecule has 4 nitrogen and oxygen atoms in total. The minimum atomic E-state index is -0.164. The normalized spacial score (nSPS) is 14.3. The van der Waals surface area contributed by atoms with Crippen molar-refractivity contribution in [2.24, 2.45) is 0 Å². The van der Waals surface area contributed by atoms with Crippen molar-refractivity contribution in [2.45, 2.75) is 105 Å². The van der Waals surface area contributed by atoms with E-state index < -0.39 is 0 Å². The highest BCUT2D eigenvalue weighted by Crippen LogP contribution is 2.56. The van der Waals surface area contributed by atoms with E-state index in [-0.39, 0.29) is 28.4 Å². The van der Waals surface area contributed by atoms with Gasteiger partial charge in [-0.05, 0) is 139 Å². The van der Waals surface area contributed by atoms with Crippen LogP contribution in [-0.2, 0) is 21.7 Å². The highest BCUT2D eigenvalue weighted by atomic mass is 32.1. The van der Waals surface area contributed by atoms with Gasteiger partial charge < -0.3 is 18.8 Å². The van der Waals surface area contributed by atoms with Crippen molar-refractivity contribution in [1.29, 1.82) is 0 Å². The third kappa shape index (κ3) is 6.11. The lowest BCUT2D eigenvalue weighted by molar-refractivity contribution is 0.589. The second-order valence-corrected chi connectivity index (χ2v) is 26.2. The molecule has 0 N–H and O–H groups in total. The van der Waals surface area contributed by atoms with E-state index >= 15 is 0 Å². The van der Waals surface area contributed by atoms with Crippen LogP contribution in [0.4, 0.5) is 34.1 Å². The van der Waals surface area contributed by atoms with Crippen LogP contribution in [0.3, 0.4) is 0 Å². The van der Waals surface area contributed by atoms with Gasteiger partial charge in [0.15, 0.2) is 0 Å². The lowest BCUT2D eigenvalue weighted by Gasteiger charge is -2.46. The number of anilines is 6. The number of rotatable bonds is 2. The fraction of sp³-hybridized carbons (Fsp3) is 0.242. The van der Waals surface area contributed by atoms with E-state index in [1.165, 1.54) is 115 Å². The Morgan fingerprint density at radius 3 is 1.79 bits per heavy atom. The molecule has 0 fully saturated rings. The Hall–Kier alpha value is -7.02. The van der Waals surface area contributed by atoms with Crippen LogP contribution in [0, 0.1) is 0 Å². The van der Waals surface area contributed by atoms with Gasteiger partial charge >= 0.3 is 0 Å². The fourth-order valence-electron chi connectivity index (χ4n) is 12.3. The zero-order valence-corrected chi connectivity index (χ0v) is 44.4. The second kappa shape index (κ2) is 14.4. The summed E-state index contributed by atoms with van der Waals surface area (Å²) in [6.45, 7) is 28.4. The standard InChI is InChI=1S/C66H60BN3OS/c1-63(2,3)39-23-26-50-46(29-39)47-30-40(64(4,5)6)34-53-59(47)69(50)54-35-41(65(7,8)9)31-49-61(54)70(53)52-33-42(66(10,11)12)32-51-58(52)67(49)62-60(48-28-38(22-27-57(48)72-62)37-18-14-13-15-19-37)68(51)43-24-25-45-44-20-16-17-21-55(44)71-56(45)36-43/h13-36H,1-12H3. The molecule has 0 saturated carbocycles. The molecule has 8 aromatic carbocycles. The van der Waals surface area contributed by atoms with Crippen molar-refractivity contribution in [2.75, 3.05) is 9.80 Å². The van der Waals surface area contributed by atoms with Crippen LogP contribution >= 0.6 is 11.3 Å². The molecule has 72 heavy (non-hydrogen) atoms. The Morgan fingerprint density at radius 2 is 1.06 bits per heavy atom. The number of fused-ring (bicyclic) bond motifs is 14. The predicted molar refractivity (Wildman–Crippen MR) is 311 cm³/mol. The van der Waals surface area contributed by atoms with Crippen LogP contribution < -0.4 is 25.5 Å². The summed E-state index contributed by atoms with van der Waals surface area (Å²) in [6.07, 6.45) is 0. The summed E-state index contributed by atoms with van der Waals surface area (Å²) in [5, 5.41) is 6.18. The summed E-state index contributed by atoms with van der Waals surface area (Å²) >= 11 is 1.97. The molecule has 14 rings (SSSR count). The minimum Gasteiger partial charge on any atom is -0.456 e. The average Bonchev–Trinajstić information content (AvgIpc) is 4.01. The first-order valence-electron chi connectivity index (χ1n) is 25.9. The van der Waals surface area contributed by atoms with Crippen LogP contribution in [0.15, 0.2) is 150 Å². The third-order valence-electron chi connectivity index (χ3n) is 16.2. The number of hydrogen-bond donors (Lipinski definition) is 0. The van der Waals surface area contributed by atoms with Gasteiger partial charge in [0.1, 0.15) is 11.2 Å².